The van der Waals surface area contributed by atoms with Gasteiger partial charge in [-0.25, -0.2) is 0 Å². The molecule has 0 aromatic rings. The molecule has 2 N–H and O–H groups in total. The van der Waals surface area contributed by atoms with Gasteiger partial charge in [-0.15, -0.1) is 0 Å². The number of likely N-dealkylation sites (tertiary alicyclic amines) is 1. The second-order valence-corrected chi connectivity index (χ2v) is 6.84. The predicted molar refractivity (Wildman–Crippen MR) is 80.2 cm³/mol. The summed E-state index contributed by atoms with van der Waals surface area (Å²) < 4.78 is 5.73. The molecule has 1 aliphatic carbocycles. The fraction of sp³-hybridized carbons (Fsp3) is 1.00. The zero-order chi connectivity index (χ0) is 13.9. The van der Waals surface area contributed by atoms with Crippen molar-refractivity contribution in [3.05, 3.63) is 0 Å². The van der Waals surface area contributed by atoms with Gasteiger partial charge in [0, 0.05) is 18.7 Å². The second-order valence-electron chi connectivity index (χ2n) is 6.84. The van der Waals surface area contributed by atoms with Crippen LogP contribution in [0, 0.1) is 11.8 Å². The van der Waals surface area contributed by atoms with E-state index in [1.165, 1.54) is 32.4 Å². The molecule has 0 aromatic carbocycles. The van der Waals surface area contributed by atoms with Gasteiger partial charge in [0.2, 0.25) is 0 Å². The Morgan fingerprint density at radius 3 is 2.58 bits per heavy atom. The number of nitrogens with two attached hydrogens (primary N) is 1. The molecular formula is C16H32N2O. The standard InChI is InChI=1S/C16H32N2O/c1-4-19-15-10-16(11-15,12-17)18-8-5-6-14(7-9-18)13(2)3/h13-15H,4-12,17H2,1-3H3. The van der Waals surface area contributed by atoms with Crippen LogP contribution in [0.3, 0.4) is 0 Å². The highest BCUT2D eigenvalue weighted by atomic mass is 16.5. The molecule has 0 aromatic heterocycles. The Kier molecular flexibility index (Phi) is 5.27. The Bertz CT molecular complexity index is 274. The van der Waals surface area contributed by atoms with Crippen molar-refractivity contribution in [3.8, 4) is 0 Å². The van der Waals surface area contributed by atoms with Crippen molar-refractivity contribution >= 4 is 0 Å². The summed E-state index contributed by atoms with van der Waals surface area (Å²) in [7, 11) is 0. The van der Waals surface area contributed by atoms with Crippen molar-refractivity contribution < 1.29 is 4.74 Å². The largest absolute Gasteiger partial charge is 0.378 e. The highest BCUT2D eigenvalue weighted by Crippen LogP contribution is 2.41. The van der Waals surface area contributed by atoms with E-state index in [0.717, 1.165) is 37.8 Å². The first-order valence-electron chi connectivity index (χ1n) is 8.18. The van der Waals surface area contributed by atoms with Crippen LogP contribution in [0.15, 0.2) is 0 Å². The number of hydrogen-bond acceptors (Lipinski definition) is 3. The summed E-state index contributed by atoms with van der Waals surface area (Å²) >= 11 is 0. The van der Waals surface area contributed by atoms with E-state index in [1.807, 2.05) is 0 Å². The Morgan fingerprint density at radius 2 is 2.00 bits per heavy atom. The predicted octanol–water partition coefficient (Wildman–Crippen LogP) is 2.64. The summed E-state index contributed by atoms with van der Waals surface area (Å²) in [6.07, 6.45) is 6.82. The molecule has 2 fully saturated rings. The molecule has 0 amide bonds. The molecule has 2 aliphatic rings. The average molecular weight is 268 g/mol. The molecule has 0 radical (unpaired) electrons. The fourth-order valence-corrected chi connectivity index (χ4v) is 3.96. The zero-order valence-electron chi connectivity index (χ0n) is 13.0. The topological polar surface area (TPSA) is 38.5 Å². The lowest BCUT2D eigenvalue weighted by Crippen LogP contribution is -2.64. The Labute approximate surface area is 118 Å². The summed E-state index contributed by atoms with van der Waals surface area (Å²) in [6.45, 7) is 10.9. The third kappa shape index (κ3) is 3.32. The van der Waals surface area contributed by atoms with Crippen molar-refractivity contribution in [2.45, 2.75) is 64.5 Å². The maximum absolute atomic E-state index is 6.11. The number of rotatable bonds is 5. The van der Waals surface area contributed by atoms with Gasteiger partial charge in [-0.2, -0.15) is 0 Å². The van der Waals surface area contributed by atoms with Crippen molar-refractivity contribution in [2.24, 2.45) is 17.6 Å². The van der Waals surface area contributed by atoms with Gasteiger partial charge in [-0.05, 0) is 64.0 Å². The van der Waals surface area contributed by atoms with Crippen LogP contribution in [0.1, 0.15) is 52.9 Å². The molecule has 19 heavy (non-hydrogen) atoms. The van der Waals surface area contributed by atoms with Crippen molar-refractivity contribution in [3.63, 3.8) is 0 Å². The van der Waals surface area contributed by atoms with Crippen LogP contribution < -0.4 is 5.73 Å². The molecule has 1 saturated heterocycles. The molecule has 3 nitrogen and oxygen atoms in total. The summed E-state index contributed by atoms with van der Waals surface area (Å²) in [5.74, 6) is 1.73. The van der Waals surface area contributed by atoms with Crippen LogP contribution in [-0.4, -0.2) is 42.8 Å². The lowest BCUT2D eigenvalue weighted by Gasteiger charge is -2.53. The Balaban J connectivity index is 1.90. The van der Waals surface area contributed by atoms with Gasteiger partial charge in [-0.3, -0.25) is 4.90 Å². The molecule has 1 aliphatic heterocycles. The number of ether oxygens (including phenoxy) is 1. The van der Waals surface area contributed by atoms with E-state index in [4.69, 9.17) is 10.5 Å². The minimum Gasteiger partial charge on any atom is -0.378 e. The molecule has 3 heteroatoms. The van der Waals surface area contributed by atoms with Gasteiger partial charge in [0.1, 0.15) is 0 Å². The normalized spacial score (nSPS) is 37.1. The highest BCUT2D eigenvalue weighted by Gasteiger charge is 2.48. The van der Waals surface area contributed by atoms with E-state index in [1.54, 1.807) is 0 Å². The van der Waals surface area contributed by atoms with Crippen molar-refractivity contribution in [2.75, 3.05) is 26.2 Å². The Hall–Kier alpha value is -0.120. The van der Waals surface area contributed by atoms with E-state index >= 15 is 0 Å². The van der Waals surface area contributed by atoms with Gasteiger partial charge in [0.15, 0.2) is 0 Å². The molecule has 1 heterocycles. The minimum atomic E-state index is 0.256. The highest BCUT2D eigenvalue weighted by molar-refractivity contribution is 5.05. The summed E-state index contributed by atoms with van der Waals surface area (Å²) in [5, 5.41) is 0. The monoisotopic (exact) mass is 268 g/mol. The minimum absolute atomic E-state index is 0.256. The second kappa shape index (κ2) is 6.55. The SMILES string of the molecule is CCOC1CC(CN)(N2CCCC(C(C)C)CC2)C1. The quantitative estimate of drug-likeness (QED) is 0.833. The third-order valence-electron chi connectivity index (χ3n) is 5.38. The van der Waals surface area contributed by atoms with E-state index in [2.05, 4.69) is 25.7 Å². The van der Waals surface area contributed by atoms with E-state index in [0.29, 0.717) is 6.10 Å². The molecule has 2 rings (SSSR count). The van der Waals surface area contributed by atoms with E-state index < -0.39 is 0 Å². The maximum Gasteiger partial charge on any atom is 0.0611 e. The number of nitrogens with zero attached hydrogens (tertiary/aromatic N) is 1. The van der Waals surface area contributed by atoms with Crippen LogP contribution in [0.4, 0.5) is 0 Å². The fourth-order valence-electron chi connectivity index (χ4n) is 3.96. The lowest BCUT2D eigenvalue weighted by molar-refractivity contribution is -0.0994. The van der Waals surface area contributed by atoms with Gasteiger partial charge < -0.3 is 10.5 Å². The summed E-state index contributed by atoms with van der Waals surface area (Å²) in [4.78, 5) is 2.69. The van der Waals surface area contributed by atoms with E-state index in [-0.39, 0.29) is 5.54 Å². The van der Waals surface area contributed by atoms with Crippen LogP contribution in [0.5, 0.6) is 0 Å². The first-order valence-corrected chi connectivity index (χ1v) is 8.18. The molecule has 1 atom stereocenters. The molecule has 0 spiro atoms. The first kappa shape index (κ1) is 15.3. The first-order chi connectivity index (χ1) is 9.11. The maximum atomic E-state index is 6.11. The van der Waals surface area contributed by atoms with Gasteiger partial charge >= 0.3 is 0 Å². The van der Waals surface area contributed by atoms with Crippen LogP contribution in [0.25, 0.3) is 0 Å². The summed E-state index contributed by atoms with van der Waals surface area (Å²) in [6, 6.07) is 0. The molecule has 112 valence electrons. The van der Waals surface area contributed by atoms with Crippen LogP contribution in [0.2, 0.25) is 0 Å². The summed E-state index contributed by atoms with van der Waals surface area (Å²) in [5.41, 5.74) is 6.36. The molecule has 0 bridgehead atoms. The zero-order valence-corrected chi connectivity index (χ0v) is 13.0. The molecule has 1 unspecified atom stereocenters. The number of hydrogen-bond donors (Lipinski definition) is 1. The third-order valence-corrected chi connectivity index (χ3v) is 5.38. The van der Waals surface area contributed by atoms with Crippen molar-refractivity contribution in [1.82, 2.24) is 4.90 Å². The van der Waals surface area contributed by atoms with Crippen LogP contribution >= 0.6 is 0 Å². The van der Waals surface area contributed by atoms with Gasteiger partial charge in [-0.1, -0.05) is 13.8 Å². The smallest absolute Gasteiger partial charge is 0.0611 e. The molecule has 1 saturated carbocycles. The lowest BCUT2D eigenvalue weighted by atomic mass is 9.72. The van der Waals surface area contributed by atoms with Gasteiger partial charge in [0.05, 0.1) is 6.10 Å². The van der Waals surface area contributed by atoms with Gasteiger partial charge in [0.25, 0.3) is 0 Å². The van der Waals surface area contributed by atoms with Crippen molar-refractivity contribution in [1.29, 1.82) is 0 Å². The van der Waals surface area contributed by atoms with Crippen LogP contribution in [-0.2, 0) is 4.74 Å². The average Bonchev–Trinajstić information content (AvgIpc) is 2.59. The Morgan fingerprint density at radius 1 is 1.26 bits per heavy atom. The van der Waals surface area contributed by atoms with E-state index in [9.17, 15) is 0 Å². The molecular weight excluding hydrogens is 236 g/mol.